The highest BCUT2D eigenvalue weighted by Crippen LogP contribution is 2.48. The van der Waals surface area contributed by atoms with E-state index in [2.05, 4.69) is 25.2 Å². The fraction of sp³-hybridized carbons (Fsp3) is 0.278. The molecule has 2 aliphatic rings. The van der Waals surface area contributed by atoms with E-state index in [0.29, 0.717) is 11.4 Å². The molecule has 1 N–H and O–H groups in total. The van der Waals surface area contributed by atoms with Gasteiger partial charge in [-0.1, -0.05) is 6.07 Å². The Kier molecular flexibility index (Phi) is 3.78. The first kappa shape index (κ1) is 16.5. The molecule has 1 aliphatic carbocycles. The Morgan fingerprint density at radius 3 is 2.85 bits per heavy atom. The number of rotatable bonds is 4. The van der Waals surface area contributed by atoms with Gasteiger partial charge in [-0.05, 0) is 17.5 Å². The highest BCUT2D eigenvalue weighted by molar-refractivity contribution is 8.02. The van der Waals surface area contributed by atoms with Gasteiger partial charge in [0, 0.05) is 43.2 Å². The Morgan fingerprint density at radius 1 is 1.26 bits per heavy atom. The van der Waals surface area contributed by atoms with Crippen LogP contribution in [0.5, 0.6) is 0 Å². The van der Waals surface area contributed by atoms with Crippen molar-refractivity contribution >= 4 is 17.4 Å². The summed E-state index contributed by atoms with van der Waals surface area (Å²) in [5, 5.41) is 13.5. The smallest absolute Gasteiger partial charge is 0.252 e. The Balaban J connectivity index is 1.56. The molecule has 6 nitrogen and oxygen atoms in total. The first-order valence-corrected chi connectivity index (χ1v) is 9.52. The van der Waals surface area contributed by atoms with Gasteiger partial charge in [0.1, 0.15) is 11.1 Å². The molecule has 0 spiro atoms. The first-order valence-electron chi connectivity index (χ1n) is 8.58. The largest absolute Gasteiger partial charge is 0.327 e. The Morgan fingerprint density at radius 2 is 2.15 bits per heavy atom. The number of pyridine rings is 1. The summed E-state index contributed by atoms with van der Waals surface area (Å²) in [6, 6.07) is 5.32. The molecule has 0 amide bonds. The number of hydrogen-bond acceptors (Lipinski definition) is 5. The van der Waals surface area contributed by atoms with Gasteiger partial charge in [-0.15, -0.1) is 11.8 Å². The quantitative estimate of drug-likeness (QED) is 0.722. The Hall–Kier alpha value is -2.68. The minimum absolute atomic E-state index is 0.00620. The number of hydrogen-bond donors (Lipinski definition) is 1. The molecule has 3 aromatic rings. The second-order valence-electron chi connectivity index (χ2n) is 6.69. The van der Waals surface area contributed by atoms with Crippen LogP contribution in [0, 0.1) is 0 Å². The minimum atomic E-state index is -2.59. The third kappa shape index (κ3) is 2.91. The number of H-pyrrole nitrogens is 1. The van der Waals surface area contributed by atoms with E-state index in [-0.39, 0.29) is 24.3 Å². The lowest BCUT2D eigenvalue weighted by Gasteiger charge is -2.34. The van der Waals surface area contributed by atoms with Crippen LogP contribution < -0.4 is 4.90 Å². The highest BCUT2D eigenvalue weighted by atomic mass is 32.2. The van der Waals surface area contributed by atoms with E-state index in [0.717, 1.165) is 11.3 Å². The van der Waals surface area contributed by atoms with Crippen LogP contribution in [-0.4, -0.2) is 30.9 Å². The third-order valence-electron chi connectivity index (χ3n) is 4.83. The van der Waals surface area contributed by atoms with Gasteiger partial charge in [0.15, 0.2) is 0 Å². The van der Waals surface area contributed by atoms with Gasteiger partial charge in [-0.25, -0.2) is 8.78 Å². The molecule has 0 radical (unpaired) electrons. The molecule has 0 saturated heterocycles. The topological polar surface area (TPSA) is 62.6 Å². The summed E-state index contributed by atoms with van der Waals surface area (Å²) in [4.78, 5) is 6.50. The van der Waals surface area contributed by atoms with Crippen LogP contribution in [0.4, 0.5) is 14.5 Å². The molecule has 1 atom stereocenters. The summed E-state index contributed by atoms with van der Waals surface area (Å²) < 4.78 is 28.4. The molecular formula is C18H16F2N6S. The number of alkyl halides is 2. The van der Waals surface area contributed by atoms with Gasteiger partial charge in [0.25, 0.3) is 5.92 Å². The predicted molar refractivity (Wildman–Crippen MR) is 99.2 cm³/mol. The average molecular weight is 386 g/mol. The van der Waals surface area contributed by atoms with Crippen LogP contribution in [-0.2, 0) is 0 Å². The van der Waals surface area contributed by atoms with E-state index < -0.39 is 5.92 Å². The molecule has 0 aromatic carbocycles. The van der Waals surface area contributed by atoms with Crippen molar-refractivity contribution < 1.29 is 8.78 Å². The summed E-state index contributed by atoms with van der Waals surface area (Å²) >= 11 is 1.65. The maximum Gasteiger partial charge on any atom is 0.252 e. The summed E-state index contributed by atoms with van der Waals surface area (Å²) in [7, 11) is 0. The van der Waals surface area contributed by atoms with Gasteiger partial charge in [-0.3, -0.25) is 14.8 Å². The summed E-state index contributed by atoms with van der Waals surface area (Å²) in [6.45, 7) is 0. The number of aromatic nitrogens is 5. The minimum Gasteiger partial charge on any atom is -0.327 e. The molecule has 27 heavy (non-hydrogen) atoms. The number of nitrogens with zero attached hydrogens (tertiary/aromatic N) is 5. The Bertz CT molecular complexity index is 961. The van der Waals surface area contributed by atoms with Crippen molar-refractivity contribution in [2.75, 3.05) is 4.90 Å². The average Bonchev–Trinajstić information content (AvgIpc) is 3.38. The van der Waals surface area contributed by atoms with E-state index in [1.807, 2.05) is 42.2 Å². The highest BCUT2D eigenvalue weighted by Gasteiger charge is 2.47. The van der Waals surface area contributed by atoms with Crippen molar-refractivity contribution in [2.24, 2.45) is 0 Å². The van der Waals surface area contributed by atoms with Gasteiger partial charge in [0.2, 0.25) is 0 Å². The number of anilines is 1. The van der Waals surface area contributed by atoms with Crippen molar-refractivity contribution in [1.29, 1.82) is 0 Å². The van der Waals surface area contributed by atoms with E-state index in [4.69, 9.17) is 0 Å². The molecule has 1 aliphatic heterocycles. The van der Waals surface area contributed by atoms with Crippen molar-refractivity contribution in [2.45, 2.75) is 30.2 Å². The summed E-state index contributed by atoms with van der Waals surface area (Å²) in [5.74, 6) is -2.59. The second-order valence-corrected chi connectivity index (χ2v) is 7.68. The maximum atomic E-state index is 13.4. The maximum absolute atomic E-state index is 13.4. The molecule has 1 unspecified atom stereocenters. The van der Waals surface area contributed by atoms with Crippen molar-refractivity contribution in [1.82, 2.24) is 25.0 Å². The van der Waals surface area contributed by atoms with Crippen molar-refractivity contribution in [3.63, 3.8) is 0 Å². The molecule has 1 saturated carbocycles. The van der Waals surface area contributed by atoms with Crippen molar-refractivity contribution in [3.8, 4) is 11.4 Å². The molecule has 4 heterocycles. The van der Waals surface area contributed by atoms with Gasteiger partial charge < -0.3 is 4.90 Å². The fourth-order valence-electron chi connectivity index (χ4n) is 3.42. The van der Waals surface area contributed by atoms with Gasteiger partial charge in [-0.2, -0.15) is 10.2 Å². The number of aromatic amines is 1. The normalized spacial score (nSPS) is 21.6. The van der Waals surface area contributed by atoms with Crippen LogP contribution in [0.25, 0.3) is 11.4 Å². The summed E-state index contributed by atoms with van der Waals surface area (Å²) in [6.07, 6.45) is 8.83. The third-order valence-corrected chi connectivity index (χ3v) is 5.86. The van der Waals surface area contributed by atoms with Crippen LogP contribution in [0.3, 0.4) is 0 Å². The lowest BCUT2D eigenvalue weighted by molar-refractivity contribution is -0.106. The monoisotopic (exact) mass is 386 g/mol. The number of halogens is 2. The molecule has 9 heteroatoms. The van der Waals surface area contributed by atoms with Crippen LogP contribution >= 0.6 is 11.8 Å². The summed E-state index contributed by atoms with van der Waals surface area (Å²) in [5.41, 5.74) is 3.27. The Labute approximate surface area is 158 Å². The van der Waals surface area contributed by atoms with Crippen LogP contribution in [0.15, 0.2) is 54.6 Å². The number of nitrogens with one attached hydrogen (secondary N) is 1. The zero-order valence-corrected chi connectivity index (χ0v) is 15.0. The standard InChI is InChI=1S/C18H16F2N6S/c19-18(20)7-13(8-18)26-11-15(16(24-26)14-3-1-2-4-21-14)25-5-6-27-17(25)12-9-22-23-10-12/h1-6,9-11,13,17H,7-8H2,(H,22,23). The van der Waals surface area contributed by atoms with E-state index in [1.54, 1.807) is 28.8 Å². The molecule has 0 bridgehead atoms. The van der Waals surface area contributed by atoms with E-state index in [9.17, 15) is 8.78 Å². The van der Waals surface area contributed by atoms with Crippen LogP contribution in [0.1, 0.15) is 29.8 Å². The first-order chi connectivity index (χ1) is 13.1. The molecule has 138 valence electrons. The van der Waals surface area contributed by atoms with Gasteiger partial charge >= 0.3 is 0 Å². The number of thioether (sulfide) groups is 1. The lowest BCUT2D eigenvalue weighted by atomic mass is 9.88. The molecule has 1 fully saturated rings. The second kappa shape index (κ2) is 6.19. The van der Waals surface area contributed by atoms with Crippen molar-refractivity contribution in [3.05, 3.63) is 60.2 Å². The molecular weight excluding hydrogens is 370 g/mol. The zero-order valence-electron chi connectivity index (χ0n) is 14.2. The molecule has 5 rings (SSSR count). The molecule has 3 aromatic heterocycles. The van der Waals surface area contributed by atoms with Crippen LogP contribution in [0.2, 0.25) is 0 Å². The zero-order chi connectivity index (χ0) is 18.4. The fourth-order valence-corrected chi connectivity index (χ4v) is 4.37. The predicted octanol–water partition coefficient (Wildman–Crippen LogP) is 4.36. The van der Waals surface area contributed by atoms with E-state index in [1.165, 1.54) is 0 Å². The lowest BCUT2D eigenvalue weighted by Crippen LogP contribution is -2.37. The SMILES string of the molecule is FC1(F)CC(n2cc(N3C=CSC3c3cn[nH]c3)c(-c3ccccn3)n2)C1. The van der Waals surface area contributed by atoms with E-state index >= 15 is 0 Å². The van der Waals surface area contributed by atoms with Gasteiger partial charge in [0.05, 0.1) is 23.6 Å².